The van der Waals surface area contributed by atoms with E-state index >= 15 is 0 Å². The molecule has 0 unspecified atom stereocenters. The number of fused-ring (bicyclic) bond motifs is 1. The first-order valence-electron chi connectivity index (χ1n) is 8.39. The van der Waals surface area contributed by atoms with E-state index in [0.29, 0.717) is 23.2 Å². The third kappa shape index (κ3) is 3.52. The molecule has 0 fully saturated rings. The van der Waals surface area contributed by atoms with Crippen LogP contribution in [0.4, 0.5) is 5.69 Å². The number of hydrogen-bond acceptors (Lipinski definition) is 6. The molecule has 0 atom stereocenters. The van der Waals surface area contributed by atoms with Gasteiger partial charge in [0, 0.05) is 6.54 Å². The standard InChI is InChI=1S/C19H19NO6S/c1-3-26-19(22)13-4-7-16(8-5-13)27(23,24)20-11-10-14-12-15(18(21)25-2)6-9-17(14)20/h4-9,12H,3,10-11H2,1-2H3. The second kappa shape index (κ2) is 7.40. The normalized spacial score (nSPS) is 13.2. The van der Waals surface area contributed by atoms with Crippen molar-refractivity contribution in [3.8, 4) is 0 Å². The molecule has 2 aromatic carbocycles. The van der Waals surface area contributed by atoms with Crippen molar-refractivity contribution in [3.05, 3.63) is 59.2 Å². The summed E-state index contributed by atoms with van der Waals surface area (Å²) in [6.45, 7) is 2.23. The van der Waals surface area contributed by atoms with Crippen molar-refractivity contribution in [2.24, 2.45) is 0 Å². The minimum atomic E-state index is -3.78. The molecule has 0 bridgehead atoms. The summed E-state index contributed by atoms with van der Waals surface area (Å²) in [6.07, 6.45) is 0.500. The Morgan fingerprint density at radius 2 is 1.70 bits per heavy atom. The van der Waals surface area contributed by atoms with Gasteiger partial charge >= 0.3 is 11.9 Å². The summed E-state index contributed by atoms with van der Waals surface area (Å²) in [5.74, 6) is -0.961. The number of hydrogen-bond donors (Lipinski definition) is 0. The number of esters is 2. The van der Waals surface area contributed by atoms with Crippen LogP contribution in [0.5, 0.6) is 0 Å². The Balaban J connectivity index is 1.89. The van der Waals surface area contributed by atoms with E-state index in [4.69, 9.17) is 9.47 Å². The second-order valence-corrected chi connectivity index (χ2v) is 7.77. The number of rotatable bonds is 5. The topological polar surface area (TPSA) is 90.0 Å². The van der Waals surface area contributed by atoms with E-state index in [-0.39, 0.29) is 18.0 Å². The van der Waals surface area contributed by atoms with E-state index in [2.05, 4.69) is 0 Å². The number of methoxy groups -OCH3 is 1. The fourth-order valence-corrected chi connectivity index (χ4v) is 4.47. The zero-order valence-corrected chi connectivity index (χ0v) is 15.8. The van der Waals surface area contributed by atoms with E-state index in [1.54, 1.807) is 25.1 Å². The Bertz CT molecular complexity index is 982. The summed E-state index contributed by atoms with van der Waals surface area (Å²) >= 11 is 0. The highest BCUT2D eigenvalue weighted by Gasteiger charge is 2.31. The number of carbonyl (C=O) groups excluding carboxylic acids is 2. The molecule has 1 aliphatic rings. The van der Waals surface area contributed by atoms with Gasteiger partial charge in [-0.15, -0.1) is 0 Å². The van der Waals surface area contributed by atoms with E-state index in [1.807, 2.05) is 0 Å². The first-order chi connectivity index (χ1) is 12.9. The van der Waals surface area contributed by atoms with Crippen LogP contribution in [0.25, 0.3) is 0 Å². The van der Waals surface area contributed by atoms with Crippen LogP contribution in [0, 0.1) is 0 Å². The number of carbonyl (C=O) groups is 2. The Kier molecular flexibility index (Phi) is 5.18. The number of sulfonamides is 1. The molecular weight excluding hydrogens is 370 g/mol. The number of benzene rings is 2. The van der Waals surface area contributed by atoms with Crippen LogP contribution in [0.1, 0.15) is 33.2 Å². The maximum absolute atomic E-state index is 13.0. The third-order valence-electron chi connectivity index (χ3n) is 4.31. The Morgan fingerprint density at radius 1 is 1.04 bits per heavy atom. The molecule has 0 aliphatic carbocycles. The van der Waals surface area contributed by atoms with Gasteiger partial charge in [-0.2, -0.15) is 0 Å². The molecule has 27 heavy (non-hydrogen) atoms. The zero-order valence-electron chi connectivity index (χ0n) is 15.0. The fourth-order valence-electron chi connectivity index (χ4n) is 2.97. The molecule has 0 saturated carbocycles. The van der Waals surface area contributed by atoms with Crippen molar-refractivity contribution in [2.45, 2.75) is 18.2 Å². The molecule has 0 saturated heterocycles. The first-order valence-corrected chi connectivity index (χ1v) is 9.83. The maximum Gasteiger partial charge on any atom is 0.338 e. The highest BCUT2D eigenvalue weighted by molar-refractivity contribution is 7.92. The lowest BCUT2D eigenvalue weighted by molar-refractivity contribution is 0.0525. The Hall–Kier alpha value is -2.87. The predicted molar refractivity (Wildman–Crippen MR) is 98.4 cm³/mol. The second-order valence-electron chi connectivity index (χ2n) is 5.91. The average Bonchev–Trinajstić information content (AvgIpc) is 3.11. The van der Waals surface area contributed by atoms with Crippen LogP contribution < -0.4 is 4.31 Å². The lowest BCUT2D eigenvalue weighted by Gasteiger charge is -2.20. The summed E-state index contributed by atoms with van der Waals surface area (Å²) in [6, 6.07) is 10.5. The molecule has 1 heterocycles. The SMILES string of the molecule is CCOC(=O)c1ccc(S(=O)(=O)N2CCc3cc(C(=O)OC)ccc32)cc1. The van der Waals surface area contributed by atoms with Crippen LogP contribution in [0.15, 0.2) is 47.4 Å². The smallest absolute Gasteiger partial charge is 0.338 e. The summed E-state index contributed by atoms with van der Waals surface area (Å²) < 4.78 is 36.9. The molecule has 0 spiro atoms. The third-order valence-corrected chi connectivity index (χ3v) is 6.13. The number of ether oxygens (including phenoxy) is 2. The minimum absolute atomic E-state index is 0.0837. The lowest BCUT2D eigenvalue weighted by atomic mass is 10.1. The van der Waals surface area contributed by atoms with Gasteiger partial charge < -0.3 is 9.47 Å². The largest absolute Gasteiger partial charge is 0.465 e. The van der Waals surface area contributed by atoms with Gasteiger partial charge in [0.1, 0.15) is 0 Å². The van der Waals surface area contributed by atoms with Gasteiger partial charge in [0.25, 0.3) is 10.0 Å². The van der Waals surface area contributed by atoms with Crippen molar-refractivity contribution < 1.29 is 27.5 Å². The first kappa shape index (κ1) is 18.9. The van der Waals surface area contributed by atoms with Crippen molar-refractivity contribution >= 4 is 27.6 Å². The van der Waals surface area contributed by atoms with Crippen LogP contribution in [-0.4, -0.2) is 40.6 Å². The van der Waals surface area contributed by atoms with E-state index in [9.17, 15) is 18.0 Å². The Labute approximate surface area is 157 Å². The van der Waals surface area contributed by atoms with Gasteiger partial charge in [0.05, 0.1) is 35.4 Å². The monoisotopic (exact) mass is 389 g/mol. The molecule has 8 heteroatoms. The lowest BCUT2D eigenvalue weighted by Crippen LogP contribution is -2.29. The molecule has 1 aliphatic heterocycles. The molecule has 142 valence electrons. The van der Waals surface area contributed by atoms with Crippen LogP contribution >= 0.6 is 0 Å². The summed E-state index contributed by atoms with van der Waals surface area (Å²) in [4.78, 5) is 23.5. The molecule has 0 radical (unpaired) electrons. The molecular formula is C19H19NO6S. The summed E-state index contributed by atoms with van der Waals surface area (Å²) in [5, 5.41) is 0. The molecule has 0 N–H and O–H groups in total. The molecule has 0 aromatic heterocycles. The van der Waals surface area contributed by atoms with Crippen LogP contribution in [-0.2, 0) is 25.9 Å². The molecule has 0 amide bonds. The van der Waals surface area contributed by atoms with Crippen molar-refractivity contribution in [3.63, 3.8) is 0 Å². The average molecular weight is 389 g/mol. The quantitative estimate of drug-likeness (QED) is 0.730. The van der Waals surface area contributed by atoms with Gasteiger partial charge in [-0.3, -0.25) is 4.31 Å². The van der Waals surface area contributed by atoms with E-state index in [0.717, 1.165) is 5.56 Å². The highest BCUT2D eigenvalue weighted by Crippen LogP contribution is 2.33. The Morgan fingerprint density at radius 3 is 2.33 bits per heavy atom. The summed E-state index contributed by atoms with van der Waals surface area (Å²) in [7, 11) is -2.48. The zero-order chi connectivity index (χ0) is 19.6. The van der Waals surface area contributed by atoms with Gasteiger partial charge in [-0.1, -0.05) is 0 Å². The molecule has 7 nitrogen and oxygen atoms in total. The highest BCUT2D eigenvalue weighted by atomic mass is 32.2. The van der Waals surface area contributed by atoms with E-state index in [1.165, 1.54) is 35.7 Å². The molecule has 2 aromatic rings. The van der Waals surface area contributed by atoms with Gasteiger partial charge in [-0.05, 0) is 61.4 Å². The fraction of sp³-hybridized carbons (Fsp3) is 0.263. The van der Waals surface area contributed by atoms with E-state index < -0.39 is 22.0 Å². The summed E-state index contributed by atoms with van der Waals surface area (Å²) in [5.41, 5.74) is 1.98. The predicted octanol–water partition coefficient (Wildman–Crippen LogP) is 2.40. The van der Waals surface area contributed by atoms with Crippen LogP contribution in [0.3, 0.4) is 0 Å². The van der Waals surface area contributed by atoms with Crippen LogP contribution in [0.2, 0.25) is 0 Å². The van der Waals surface area contributed by atoms with Crippen molar-refractivity contribution in [2.75, 3.05) is 24.6 Å². The van der Waals surface area contributed by atoms with Gasteiger partial charge in [-0.25, -0.2) is 18.0 Å². The number of anilines is 1. The number of nitrogens with zero attached hydrogens (tertiary/aromatic N) is 1. The molecule has 3 rings (SSSR count). The van der Waals surface area contributed by atoms with Crippen molar-refractivity contribution in [1.82, 2.24) is 0 Å². The minimum Gasteiger partial charge on any atom is -0.465 e. The maximum atomic E-state index is 13.0. The van der Waals surface area contributed by atoms with Gasteiger partial charge in [0.15, 0.2) is 0 Å². The van der Waals surface area contributed by atoms with Crippen molar-refractivity contribution in [1.29, 1.82) is 0 Å². The van der Waals surface area contributed by atoms with Gasteiger partial charge in [0.2, 0.25) is 0 Å².